The number of rotatable bonds is 12. The maximum atomic E-state index is 14.5. The predicted octanol–water partition coefficient (Wildman–Crippen LogP) is 8.08. The molecule has 7 unspecified atom stereocenters. The molecule has 0 spiro atoms. The Morgan fingerprint density at radius 2 is 1.55 bits per heavy atom. The highest BCUT2D eigenvalue weighted by molar-refractivity contribution is 14.1. The molecule has 0 saturated heterocycles. The number of hydrogen-bond donors (Lipinski definition) is 3. The molecule has 3 N–H and O–H groups in total. The zero-order chi connectivity index (χ0) is 29.4. The highest BCUT2D eigenvalue weighted by atomic mass is 127. The van der Waals surface area contributed by atoms with Crippen molar-refractivity contribution in [1.29, 1.82) is 0 Å². The zero-order valence-corrected chi connectivity index (χ0v) is 28.4. The molecule has 0 aromatic carbocycles. The van der Waals surface area contributed by atoms with Crippen molar-refractivity contribution in [1.82, 2.24) is 0 Å². The molecule has 4 aliphatic rings. The van der Waals surface area contributed by atoms with Gasteiger partial charge in [0.1, 0.15) is 18.4 Å². The van der Waals surface area contributed by atoms with Crippen LogP contribution < -0.4 is 0 Å². The number of aliphatic hydroxyl groups is 3. The fraction of sp³-hybridized carbons (Fsp3) is 1.00. The van der Waals surface area contributed by atoms with Crippen LogP contribution in [0, 0.1) is 52.3 Å². The van der Waals surface area contributed by atoms with Crippen molar-refractivity contribution in [2.24, 2.45) is 52.3 Å². The molecule has 4 rings (SSSR count). The van der Waals surface area contributed by atoms with E-state index in [9.17, 15) is 19.7 Å². The van der Waals surface area contributed by atoms with Crippen LogP contribution in [0.3, 0.4) is 0 Å². The normalized spacial score (nSPS) is 42.3. The van der Waals surface area contributed by atoms with Gasteiger partial charge in [0, 0.05) is 3.92 Å². The van der Waals surface area contributed by atoms with Crippen LogP contribution in [0.4, 0.5) is 4.39 Å². The Morgan fingerprint density at radius 3 is 2.23 bits per heavy atom. The third-order valence-electron chi connectivity index (χ3n) is 12.9. The van der Waals surface area contributed by atoms with Gasteiger partial charge in [0.2, 0.25) is 0 Å². The number of hydrogen-bond acceptors (Lipinski definition) is 4. The van der Waals surface area contributed by atoms with Crippen LogP contribution in [0.2, 0.25) is 0 Å². The summed E-state index contributed by atoms with van der Waals surface area (Å²) in [5, 5.41) is 31.3. The van der Waals surface area contributed by atoms with Crippen LogP contribution in [0.1, 0.15) is 125 Å². The van der Waals surface area contributed by atoms with E-state index in [1.807, 2.05) is 29.5 Å². The fourth-order valence-corrected chi connectivity index (χ4v) is 10.9. The quantitative estimate of drug-likeness (QED) is 0.111. The molecule has 4 saturated carbocycles. The summed E-state index contributed by atoms with van der Waals surface area (Å²) in [5.74, 6) is 5.57. The molecular weight excluding hydrogens is 618 g/mol. The lowest BCUT2D eigenvalue weighted by Gasteiger charge is -2.61. The first-order valence-electron chi connectivity index (χ1n) is 16.8. The van der Waals surface area contributed by atoms with Gasteiger partial charge in [-0.3, -0.25) is 0 Å². The average Bonchev–Trinajstić information content (AvgIpc) is 3.28. The van der Waals surface area contributed by atoms with Crippen molar-refractivity contribution in [3.05, 3.63) is 0 Å². The molecule has 4 fully saturated rings. The number of alkyl halides is 2. The van der Waals surface area contributed by atoms with Gasteiger partial charge in [-0.1, -0.05) is 83.4 Å². The Morgan fingerprint density at radius 1 is 0.875 bits per heavy atom. The first-order valence-corrected chi connectivity index (χ1v) is 18.1. The van der Waals surface area contributed by atoms with Gasteiger partial charge in [-0.25, -0.2) is 4.39 Å². The predicted molar refractivity (Wildman–Crippen MR) is 169 cm³/mol. The van der Waals surface area contributed by atoms with E-state index in [1.165, 1.54) is 57.8 Å². The van der Waals surface area contributed by atoms with Crippen LogP contribution in [0.25, 0.3) is 0 Å². The molecule has 4 aliphatic carbocycles. The second-order valence-electron chi connectivity index (χ2n) is 15.5. The molecular formula is C34H60FIO4. The van der Waals surface area contributed by atoms with E-state index in [1.54, 1.807) is 0 Å². The summed E-state index contributed by atoms with van der Waals surface area (Å²) in [6.07, 6.45) is 9.02. The lowest BCUT2D eigenvalue weighted by molar-refractivity contribution is -0.232. The highest BCUT2D eigenvalue weighted by Gasteiger charge is 2.60. The molecule has 14 atom stereocenters. The second-order valence-corrected chi connectivity index (χ2v) is 17.1. The van der Waals surface area contributed by atoms with E-state index in [2.05, 4.69) is 34.6 Å². The van der Waals surface area contributed by atoms with Gasteiger partial charge in [-0.15, -0.1) is 0 Å². The van der Waals surface area contributed by atoms with Gasteiger partial charge < -0.3 is 20.1 Å². The van der Waals surface area contributed by atoms with Crippen molar-refractivity contribution in [2.45, 2.75) is 160 Å². The van der Waals surface area contributed by atoms with Crippen molar-refractivity contribution in [2.75, 3.05) is 0 Å². The average molecular weight is 679 g/mol. The fourth-order valence-electron chi connectivity index (χ4n) is 10.4. The van der Waals surface area contributed by atoms with Gasteiger partial charge in [0.05, 0.1) is 6.10 Å². The lowest BCUT2D eigenvalue weighted by atomic mass is 9.44. The highest BCUT2D eigenvalue weighted by Crippen LogP contribution is 2.68. The minimum atomic E-state index is -1.65. The molecule has 0 bridgehead atoms. The number of fused-ring (bicyclic) bond motifs is 5. The summed E-state index contributed by atoms with van der Waals surface area (Å²) in [5.41, 5.74) is 0.819. The number of halogens is 2. The summed E-state index contributed by atoms with van der Waals surface area (Å²) in [7, 11) is 0. The molecule has 0 aromatic heterocycles. The number of aliphatic hydroxyl groups excluding tert-OH is 3. The van der Waals surface area contributed by atoms with E-state index in [0.29, 0.717) is 23.2 Å². The molecule has 0 amide bonds. The Labute approximate surface area is 258 Å². The van der Waals surface area contributed by atoms with E-state index < -0.39 is 28.6 Å². The molecule has 0 heterocycles. The third kappa shape index (κ3) is 6.61. The summed E-state index contributed by atoms with van der Waals surface area (Å²) < 4.78 is 20.0. The van der Waals surface area contributed by atoms with E-state index in [-0.39, 0.29) is 6.10 Å². The van der Waals surface area contributed by atoms with E-state index in [0.717, 1.165) is 54.8 Å². The van der Waals surface area contributed by atoms with Gasteiger partial charge in [0.25, 0.3) is 0 Å². The first-order chi connectivity index (χ1) is 18.8. The Kier molecular flexibility index (Phi) is 11.4. The summed E-state index contributed by atoms with van der Waals surface area (Å²) in [4.78, 5) is 0. The van der Waals surface area contributed by atoms with Gasteiger partial charge in [-0.2, -0.15) is 0 Å². The largest absolute Gasteiger partial charge is 0.387 e. The SMILES string of the molecule is CCC(I)[C@@H](F)C(O)[C@@H](O)[C@H](O)O[C@H]1CC[C@@]2(C)C(CCC3C2CC[C@@]2(C)C3CC[C@@H]2C(C)CCCC(C)C)C1. The van der Waals surface area contributed by atoms with Crippen LogP contribution in [-0.4, -0.2) is 50.0 Å². The Hall–Kier alpha value is 0.500. The lowest BCUT2D eigenvalue weighted by Crippen LogP contribution is -2.55. The molecule has 40 heavy (non-hydrogen) atoms. The van der Waals surface area contributed by atoms with E-state index >= 15 is 0 Å². The van der Waals surface area contributed by atoms with Gasteiger partial charge in [0.15, 0.2) is 6.29 Å². The van der Waals surface area contributed by atoms with Crippen molar-refractivity contribution in [3.63, 3.8) is 0 Å². The van der Waals surface area contributed by atoms with Gasteiger partial charge in [-0.05, 0) is 116 Å². The Bertz CT molecular complexity index is 813. The summed E-state index contributed by atoms with van der Waals surface area (Å²) >= 11 is 1.95. The van der Waals surface area contributed by atoms with Crippen LogP contribution in [0.15, 0.2) is 0 Å². The van der Waals surface area contributed by atoms with Crippen LogP contribution in [0.5, 0.6) is 0 Å². The maximum absolute atomic E-state index is 14.5. The summed E-state index contributed by atoms with van der Waals surface area (Å²) in [6.45, 7) is 14.3. The van der Waals surface area contributed by atoms with Crippen molar-refractivity contribution >= 4 is 22.6 Å². The minimum Gasteiger partial charge on any atom is -0.387 e. The maximum Gasteiger partial charge on any atom is 0.183 e. The third-order valence-corrected chi connectivity index (χ3v) is 14.4. The topological polar surface area (TPSA) is 69.9 Å². The zero-order valence-electron chi connectivity index (χ0n) is 26.2. The molecule has 0 aromatic rings. The Balaban J connectivity index is 1.35. The molecule has 234 valence electrons. The van der Waals surface area contributed by atoms with Gasteiger partial charge >= 0.3 is 0 Å². The van der Waals surface area contributed by atoms with Crippen molar-refractivity contribution in [3.8, 4) is 0 Å². The minimum absolute atomic E-state index is 0.150. The van der Waals surface area contributed by atoms with Crippen LogP contribution >= 0.6 is 22.6 Å². The standard InChI is InChI=1S/C34H60FIO4/c1-7-28(36)29(35)30(37)31(38)32(39)40-23-15-17-33(5)22(19-23)11-12-24-26-14-13-25(21(4)10-8-9-20(2)3)34(26,6)18-16-27(24)33/h20-32,37-39H,7-19H2,1-6H3/t21?,22?,23-,24?,25+,26?,27?,28?,29+,30?,31+,32+,33-,34+/m0/s1. The van der Waals surface area contributed by atoms with Crippen LogP contribution in [-0.2, 0) is 4.74 Å². The molecule has 0 radical (unpaired) electrons. The molecule has 6 heteroatoms. The van der Waals surface area contributed by atoms with Crippen molar-refractivity contribution < 1.29 is 24.4 Å². The first kappa shape index (κ1) is 33.4. The smallest absolute Gasteiger partial charge is 0.183 e. The molecule has 0 aliphatic heterocycles. The van der Waals surface area contributed by atoms with E-state index in [4.69, 9.17) is 4.74 Å². The second kappa shape index (κ2) is 13.6. The molecule has 4 nitrogen and oxygen atoms in total. The summed E-state index contributed by atoms with van der Waals surface area (Å²) in [6, 6.07) is 0. The number of ether oxygens (including phenoxy) is 1. The monoisotopic (exact) mass is 678 g/mol.